The van der Waals surface area contributed by atoms with Crippen molar-refractivity contribution in [3.63, 3.8) is 0 Å². The van der Waals surface area contributed by atoms with E-state index in [1.807, 2.05) is 20.8 Å². The van der Waals surface area contributed by atoms with Crippen molar-refractivity contribution < 1.29 is 14.3 Å². The summed E-state index contributed by atoms with van der Waals surface area (Å²) in [6, 6.07) is 0.562. The summed E-state index contributed by atoms with van der Waals surface area (Å²) in [5, 5.41) is 2.90. The number of likely N-dealkylation sites (tertiary alicyclic amines) is 1. The SMILES string of the molecule is CC(C)N1CCC(C)(CC(=O)C2(NC(=O)OC(C)(C)C)CCC2)CC1. The fourth-order valence-corrected chi connectivity index (χ4v) is 3.82. The van der Waals surface area contributed by atoms with Gasteiger partial charge in [-0.05, 0) is 85.2 Å². The van der Waals surface area contributed by atoms with Crippen LogP contribution in [0.3, 0.4) is 0 Å². The van der Waals surface area contributed by atoms with Gasteiger partial charge in [0.1, 0.15) is 11.1 Å². The molecule has 0 spiro atoms. The van der Waals surface area contributed by atoms with Crippen LogP contribution in [0.4, 0.5) is 4.79 Å². The molecule has 0 bridgehead atoms. The molecule has 2 rings (SSSR count). The number of piperidine rings is 1. The number of alkyl carbamates (subject to hydrolysis) is 1. The molecule has 2 fully saturated rings. The van der Waals surface area contributed by atoms with Gasteiger partial charge in [0, 0.05) is 12.5 Å². The molecule has 0 aromatic carbocycles. The Labute approximate surface area is 152 Å². The first kappa shape index (κ1) is 20.2. The molecule has 1 saturated heterocycles. The maximum atomic E-state index is 13.1. The first-order valence-electron chi connectivity index (χ1n) is 9.73. The number of carbonyl (C=O) groups is 2. The summed E-state index contributed by atoms with van der Waals surface area (Å²) in [4.78, 5) is 27.7. The Hall–Kier alpha value is -1.10. The van der Waals surface area contributed by atoms with Gasteiger partial charge in [-0.1, -0.05) is 6.92 Å². The number of hydrogen-bond donors (Lipinski definition) is 1. The number of Topliss-reactive ketones (excluding diaryl/α,β-unsaturated/α-hetero) is 1. The van der Waals surface area contributed by atoms with Crippen LogP contribution in [0, 0.1) is 5.41 Å². The minimum atomic E-state index is -0.694. The van der Waals surface area contributed by atoms with E-state index in [9.17, 15) is 9.59 Å². The Kier molecular flexibility index (Phi) is 5.87. The highest BCUT2D eigenvalue weighted by Crippen LogP contribution is 2.41. The third-order valence-corrected chi connectivity index (χ3v) is 5.80. The number of amides is 1. The van der Waals surface area contributed by atoms with Gasteiger partial charge in [-0.3, -0.25) is 4.79 Å². The van der Waals surface area contributed by atoms with Crippen LogP contribution in [-0.4, -0.2) is 47.0 Å². The summed E-state index contributed by atoms with van der Waals surface area (Å²) in [6.45, 7) is 14.3. The summed E-state index contributed by atoms with van der Waals surface area (Å²) in [6.07, 6.45) is 4.62. The van der Waals surface area contributed by atoms with Gasteiger partial charge in [-0.2, -0.15) is 0 Å². The Morgan fingerprint density at radius 3 is 2.08 bits per heavy atom. The number of nitrogens with zero attached hydrogens (tertiary/aromatic N) is 1. The minimum Gasteiger partial charge on any atom is -0.444 e. The van der Waals surface area contributed by atoms with Crippen LogP contribution in [0.15, 0.2) is 0 Å². The summed E-state index contributed by atoms with van der Waals surface area (Å²) < 4.78 is 5.37. The van der Waals surface area contributed by atoms with Crippen LogP contribution >= 0.6 is 0 Å². The van der Waals surface area contributed by atoms with Crippen molar-refractivity contribution in [2.45, 2.75) is 97.2 Å². The number of rotatable bonds is 5. The van der Waals surface area contributed by atoms with Crippen molar-refractivity contribution in [1.82, 2.24) is 10.2 Å². The Bertz CT molecular complexity index is 496. The monoisotopic (exact) mass is 352 g/mol. The molecular formula is C20H36N2O3. The Morgan fingerprint density at radius 1 is 1.12 bits per heavy atom. The van der Waals surface area contributed by atoms with E-state index < -0.39 is 17.2 Å². The minimum absolute atomic E-state index is 0.0423. The van der Waals surface area contributed by atoms with E-state index in [4.69, 9.17) is 4.74 Å². The number of carbonyl (C=O) groups excluding carboxylic acids is 2. The fraction of sp³-hybridized carbons (Fsp3) is 0.900. The zero-order valence-corrected chi connectivity index (χ0v) is 16.9. The van der Waals surface area contributed by atoms with Gasteiger partial charge in [0.15, 0.2) is 5.78 Å². The second kappa shape index (κ2) is 7.26. The Morgan fingerprint density at radius 2 is 1.68 bits per heavy atom. The lowest BCUT2D eigenvalue weighted by Crippen LogP contribution is -2.60. The smallest absolute Gasteiger partial charge is 0.408 e. The van der Waals surface area contributed by atoms with Crippen molar-refractivity contribution >= 4 is 11.9 Å². The van der Waals surface area contributed by atoms with E-state index in [1.54, 1.807) is 0 Å². The molecular weight excluding hydrogens is 316 g/mol. The molecule has 1 saturated carbocycles. The van der Waals surface area contributed by atoms with Crippen molar-refractivity contribution in [1.29, 1.82) is 0 Å². The first-order valence-corrected chi connectivity index (χ1v) is 9.73. The van der Waals surface area contributed by atoms with Crippen LogP contribution in [0.25, 0.3) is 0 Å². The van der Waals surface area contributed by atoms with Crippen molar-refractivity contribution in [3.05, 3.63) is 0 Å². The topological polar surface area (TPSA) is 58.6 Å². The van der Waals surface area contributed by atoms with E-state index in [-0.39, 0.29) is 11.2 Å². The normalized spacial score (nSPS) is 23.0. The average molecular weight is 353 g/mol. The van der Waals surface area contributed by atoms with E-state index in [0.29, 0.717) is 12.5 Å². The van der Waals surface area contributed by atoms with Crippen molar-refractivity contribution in [3.8, 4) is 0 Å². The molecule has 144 valence electrons. The highest BCUT2D eigenvalue weighted by molar-refractivity contribution is 5.93. The molecule has 0 atom stereocenters. The number of hydrogen-bond acceptors (Lipinski definition) is 4. The van der Waals surface area contributed by atoms with Crippen molar-refractivity contribution in [2.24, 2.45) is 5.41 Å². The van der Waals surface area contributed by atoms with Crippen LogP contribution < -0.4 is 5.32 Å². The summed E-state index contributed by atoms with van der Waals surface area (Å²) in [7, 11) is 0. The molecule has 1 heterocycles. The van der Waals surface area contributed by atoms with E-state index in [1.165, 1.54) is 0 Å². The predicted molar refractivity (Wildman–Crippen MR) is 99.6 cm³/mol. The molecule has 1 aliphatic heterocycles. The molecule has 5 heteroatoms. The molecule has 0 unspecified atom stereocenters. The van der Waals surface area contributed by atoms with E-state index in [2.05, 4.69) is 31.0 Å². The maximum Gasteiger partial charge on any atom is 0.408 e. The van der Waals surface area contributed by atoms with Gasteiger partial charge in [-0.15, -0.1) is 0 Å². The molecule has 1 N–H and O–H groups in total. The van der Waals surface area contributed by atoms with E-state index in [0.717, 1.165) is 45.2 Å². The highest BCUT2D eigenvalue weighted by atomic mass is 16.6. The molecule has 2 aliphatic rings. The average Bonchev–Trinajstić information content (AvgIpc) is 2.40. The molecule has 0 aromatic heterocycles. The van der Waals surface area contributed by atoms with Crippen molar-refractivity contribution in [2.75, 3.05) is 13.1 Å². The highest BCUT2D eigenvalue weighted by Gasteiger charge is 2.48. The molecule has 25 heavy (non-hydrogen) atoms. The second-order valence-corrected chi connectivity index (χ2v) is 9.60. The standard InChI is InChI=1S/C20H36N2O3/c1-15(2)22-12-10-19(6,11-13-22)14-16(23)20(8-7-9-20)21-17(24)25-18(3,4)5/h15H,7-14H2,1-6H3,(H,21,24). The molecule has 5 nitrogen and oxygen atoms in total. The third kappa shape index (κ3) is 5.19. The zero-order valence-electron chi connectivity index (χ0n) is 16.9. The predicted octanol–water partition coefficient (Wildman–Crippen LogP) is 3.90. The van der Waals surface area contributed by atoms with Gasteiger partial charge < -0.3 is 15.0 Å². The van der Waals surface area contributed by atoms with Crippen LogP contribution in [0.2, 0.25) is 0 Å². The summed E-state index contributed by atoms with van der Waals surface area (Å²) >= 11 is 0. The lowest BCUT2D eigenvalue weighted by atomic mass is 9.67. The number of nitrogens with one attached hydrogen (secondary N) is 1. The Balaban J connectivity index is 1.95. The summed E-state index contributed by atoms with van der Waals surface area (Å²) in [5.41, 5.74) is -1.20. The lowest BCUT2D eigenvalue weighted by molar-refractivity contribution is -0.132. The number of ketones is 1. The van der Waals surface area contributed by atoms with Gasteiger partial charge in [0.25, 0.3) is 0 Å². The fourth-order valence-electron chi connectivity index (χ4n) is 3.82. The molecule has 0 radical (unpaired) electrons. The first-order chi connectivity index (χ1) is 11.4. The lowest BCUT2D eigenvalue weighted by Gasteiger charge is -2.45. The zero-order chi connectivity index (χ0) is 18.9. The third-order valence-electron chi connectivity index (χ3n) is 5.80. The molecule has 1 amide bonds. The van der Waals surface area contributed by atoms with Gasteiger partial charge >= 0.3 is 6.09 Å². The van der Waals surface area contributed by atoms with E-state index >= 15 is 0 Å². The largest absolute Gasteiger partial charge is 0.444 e. The van der Waals surface area contributed by atoms with Gasteiger partial charge in [0.2, 0.25) is 0 Å². The van der Waals surface area contributed by atoms with Crippen LogP contribution in [0.1, 0.15) is 80.1 Å². The summed E-state index contributed by atoms with van der Waals surface area (Å²) in [5.74, 6) is 0.185. The molecule has 0 aromatic rings. The van der Waals surface area contributed by atoms with Gasteiger partial charge in [0.05, 0.1) is 0 Å². The quantitative estimate of drug-likeness (QED) is 0.815. The van der Waals surface area contributed by atoms with Crippen LogP contribution in [-0.2, 0) is 9.53 Å². The number of ether oxygens (including phenoxy) is 1. The molecule has 1 aliphatic carbocycles. The second-order valence-electron chi connectivity index (χ2n) is 9.60. The maximum absolute atomic E-state index is 13.1. The van der Waals surface area contributed by atoms with Gasteiger partial charge in [-0.25, -0.2) is 4.79 Å². The van der Waals surface area contributed by atoms with Crippen LogP contribution in [0.5, 0.6) is 0 Å².